The van der Waals surface area contributed by atoms with Crippen LogP contribution in [0.15, 0.2) is 29.3 Å². The van der Waals surface area contributed by atoms with Crippen molar-refractivity contribution in [2.45, 2.75) is 33.6 Å². The third kappa shape index (κ3) is 2.35. The summed E-state index contributed by atoms with van der Waals surface area (Å²) in [5.74, 6) is 0. The van der Waals surface area contributed by atoms with Gasteiger partial charge in [-0.1, -0.05) is 25.5 Å². The normalized spacial score (nSPS) is 10.6. The van der Waals surface area contributed by atoms with Gasteiger partial charge >= 0.3 is 0 Å². The van der Waals surface area contributed by atoms with Crippen LogP contribution in [-0.2, 0) is 6.42 Å². The highest BCUT2D eigenvalue weighted by molar-refractivity contribution is 5.64. The minimum absolute atomic E-state index is 0.0277. The van der Waals surface area contributed by atoms with E-state index in [1.54, 1.807) is 0 Å². The van der Waals surface area contributed by atoms with E-state index < -0.39 is 0 Å². The Hall–Kier alpha value is -1.90. The van der Waals surface area contributed by atoms with E-state index in [-0.39, 0.29) is 5.56 Å². The van der Waals surface area contributed by atoms with Gasteiger partial charge < -0.3 is 4.98 Å². The lowest BCUT2D eigenvalue weighted by atomic mass is 10.00. The molecule has 0 bridgehead atoms. The Balaban J connectivity index is 2.59. The van der Waals surface area contributed by atoms with Crippen molar-refractivity contribution in [3.8, 4) is 11.3 Å². The number of hydrogen-bond donors (Lipinski definition) is 1. The summed E-state index contributed by atoms with van der Waals surface area (Å²) >= 11 is 0. The summed E-state index contributed by atoms with van der Waals surface area (Å²) < 4.78 is 0. The summed E-state index contributed by atoms with van der Waals surface area (Å²) in [5.41, 5.74) is 5.05. The first-order valence-corrected chi connectivity index (χ1v) is 6.27. The molecule has 1 heterocycles. The Bertz CT molecular complexity index is 614. The van der Waals surface area contributed by atoms with Crippen molar-refractivity contribution < 1.29 is 0 Å². The van der Waals surface area contributed by atoms with Crippen LogP contribution in [0.5, 0.6) is 0 Å². The van der Waals surface area contributed by atoms with Gasteiger partial charge in [-0.3, -0.25) is 4.79 Å². The van der Waals surface area contributed by atoms with Gasteiger partial charge in [0.25, 0.3) is 5.56 Å². The Morgan fingerprint density at radius 1 is 1.22 bits per heavy atom. The molecule has 0 radical (unpaired) electrons. The molecule has 0 fully saturated rings. The number of aromatic amines is 1. The molecule has 3 nitrogen and oxygen atoms in total. The van der Waals surface area contributed by atoms with Crippen molar-refractivity contribution >= 4 is 0 Å². The maximum absolute atomic E-state index is 11.9. The predicted octanol–water partition coefficient (Wildman–Crippen LogP) is 3.01. The summed E-state index contributed by atoms with van der Waals surface area (Å²) in [7, 11) is 0. The Kier molecular flexibility index (Phi) is 3.60. The molecule has 0 atom stereocenters. The molecule has 0 saturated heterocycles. The minimum Gasteiger partial charge on any atom is -0.313 e. The third-order valence-electron chi connectivity index (χ3n) is 3.23. The Labute approximate surface area is 107 Å². The highest BCUT2D eigenvalue weighted by Crippen LogP contribution is 2.22. The minimum atomic E-state index is -0.0277. The fourth-order valence-electron chi connectivity index (χ4n) is 2.05. The second-order valence-corrected chi connectivity index (χ2v) is 4.61. The zero-order valence-electron chi connectivity index (χ0n) is 11.1. The van der Waals surface area contributed by atoms with E-state index in [1.807, 2.05) is 6.07 Å². The van der Waals surface area contributed by atoms with Crippen LogP contribution < -0.4 is 5.56 Å². The number of hydrogen-bond acceptors (Lipinski definition) is 2. The first-order chi connectivity index (χ1) is 8.63. The van der Waals surface area contributed by atoms with Crippen molar-refractivity contribution in [2.75, 3.05) is 0 Å². The van der Waals surface area contributed by atoms with E-state index in [2.05, 4.69) is 42.9 Å². The van der Waals surface area contributed by atoms with Crippen LogP contribution in [0, 0.1) is 13.8 Å². The number of aryl methyl sites for hydroxylation is 2. The van der Waals surface area contributed by atoms with Gasteiger partial charge in [-0.05, 0) is 37.5 Å². The molecular weight excluding hydrogens is 224 g/mol. The highest BCUT2D eigenvalue weighted by atomic mass is 16.1. The molecule has 0 unspecified atom stereocenters. The van der Waals surface area contributed by atoms with Gasteiger partial charge in [0.1, 0.15) is 0 Å². The van der Waals surface area contributed by atoms with Crippen LogP contribution >= 0.6 is 0 Å². The molecule has 3 heteroatoms. The molecule has 0 aliphatic carbocycles. The summed E-state index contributed by atoms with van der Waals surface area (Å²) in [4.78, 5) is 18.9. The van der Waals surface area contributed by atoms with Gasteiger partial charge in [0, 0.05) is 11.1 Å². The molecule has 2 rings (SSSR count). The lowest BCUT2D eigenvalue weighted by Crippen LogP contribution is -2.14. The summed E-state index contributed by atoms with van der Waals surface area (Å²) in [5, 5.41) is 0. The topological polar surface area (TPSA) is 45.8 Å². The summed E-state index contributed by atoms with van der Waals surface area (Å²) in [6, 6.07) is 6.20. The van der Waals surface area contributed by atoms with Gasteiger partial charge in [0.2, 0.25) is 0 Å². The van der Waals surface area contributed by atoms with E-state index in [9.17, 15) is 4.79 Å². The van der Waals surface area contributed by atoms with Crippen LogP contribution in [0.25, 0.3) is 11.3 Å². The molecule has 1 aromatic carbocycles. The van der Waals surface area contributed by atoms with Crippen molar-refractivity contribution in [2.24, 2.45) is 0 Å². The summed E-state index contributed by atoms with van der Waals surface area (Å²) in [6.45, 7) is 6.22. The van der Waals surface area contributed by atoms with Gasteiger partial charge in [-0.2, -0.15) is 0 Å². The molecule has 0 aliphatic heterocycles. The average Bonchev–Trinajstić information content (AvgIpc) is 2.35. The highest BCUT2D eigenvalue weighted by Gasteiger charge is 2.10. The molecule has 1 N–H and O–H groups in total. The number of aromatic nitrogens is 2. The zero-order valence-corrected chi connectivity index (χ0v) is 11.1. The zero-order chi connectivity index (χ0) is 13.1. The predicted molar refractivity (Wildman–Crippen MR) is 73.8 cm³/mol. The molecule has 18 heavy (non-hydrogen) atoms. The van der Waals surface area contributed by atoms with E-state index in [0.717, 1.165) is 29.7 Å². The maximum Gasteiger partial charge on any atom is 0.254 e. The molecule has 0 amide bonds. The van der Waals surface area contributed by atoms with Gasteiger partial charge in [-0.25, -0.2) is 4.98 Å². The summed E-state index contributed by atoms with van der Waals surface area (Å²) in [6.07, 6.45) is 3.17. The first kappa shape index (κ1) is 12.6. The lowest BCUT2D eigenvalue weighted by molar-refractivity contribution is 0.888. The second kappa shape index (κ2) is 5.17. The molecule has 0 spiro atoms. The molecule has 2 aromatic rings. The lowest BCUT2D eigenvalue weighted by Gasteiger charge is -2.08. The molecule has 0 aliphatic rings. The van der Waals surface area contributed by atoms with Crippen LogP contribution in [0.1, 0.15) is 30.0 Å². The molecule has 0 saturated carbocycles. The van der Waals surface area contributed by atoms with Crippen LogP contribution in [0.3, 0.4) is 0 Å². The van der Waals surface area contributed by atoms with Crippen molar-refractivity contribution in [3.63, 3.8) is 0 Å². The Morgan fingerprint density at radius 2 is 2.00 bits per heavy atom. The van der Waals surface area contributed by atoms with Crippen molar-refractivity contribution in [3.05, 3.63) is 51.6 Å². The van der Waals surface area contributed by atoms with Crippen molar-refractivity contribution in [1.29, 1.82) is 0 Å². The molecule has 1 aromatic heterocycles. The maximum atomic E-state index is 11.9. The van der Waals surface area contributed by atoms with E-state index in [1.165, 1.54) is 17.5 Å². The number of H-pyrrole nitrogens is 1. The standard InChI is InChI=1S/C15H18N2O/c1-4-5-13-14(16-9-17-15(13)18)12-7-6-10(2)11(3)8-12/h6-9H,4-5H2,1-3H3,(H,16,17,18). The van der Waals surface area contributed by atoms with E-state index >= 15 is 0 Å². The average molecular weight is 242 g/mol. The van der Waals surface area contributed by atoms with Crippen LogP contribution in [0.4, 0.5) is 0 Å². The van der Waals surface area contributed by atoms with Gasteiger partial charge in [0.05, 0.1) is 12.0 Å². The molecule has 94 valence electrons. The first-order valence-electron chi connectivity index (χ1n) is 6.27. The molecular formula is C15H18N2O. The van der Waals surface area contributed by atoms with Gasteiger partial charge in [0.15, 0.2) is 0 Å². The number of rotatable bonds is 3. The number of benzene rings is 1. The van der Waals surface area contributed by atoms with E-state index in [0.29, 0.717) is 0 Å². The number of nitrogens with one attached hydrogen (secondary N) is 1. The van der Waals surface area contributed by atoms with Crippen LogP contribution in [0.2, 0.25) is 0 Å². The smallest absolute Gasteiger partial charge is 0.254 e. The van der Waals surface area contributed by atoms with Crippen molar-refractivity contribution in [1.82, 2.24) is 9.97 Å². The third-order valence-corrected chi connectivity index (χ3v) is 3.23. The Morgan fingerprint density at radius 3 is 2.67 bits per heavy atom. The van der Waals surface area contributed by atoms with Gasteiger partial charge in [-0.15, -0.1) is 0 Å². The second-order valence-electron chi connectivity index (χ2n) is 4.61. The number of nitrogens with zero attached hydrogens (tertiary/aromatic N) is 1. The van der Waals surface area contributed by atoms with Crippen LogP contribution in [-0.4, -0.2) is 9.97 Å². The van der Waals surface area contributed by atoms with E-state index in [4.69, 9.17) is 0 Å². The monoisotopic (exact) mass is 242 g/mol. The largest absolute Gasteiger partial charge is 0.313 e. The fourth-order valence-corrected chi connectivity index (χ4v) is 2.05. The SMILES string of the molecule is CCCc1c(-c2ccc(C)c(C)c2)nc[nH]c1=O. The quantitative estimate of drug-likeness (QED) is 0.899. The fraction of sp³-hybridized carbons (Fsp3) is 0.333.